The number of carbonyl (C=O) groups is 1. The van der Waals surface area contributed by atoms with Crippen molar-refractivity contribution in [1.29, 1.82) is 0 Å². The van der Waals surface area contributed by atoms with Crippen molar-refractivity contribution in [3.8, 4) is 11.3 Å². The quantitative estimate of drug-likeness (QED) is 0.444. The molecular formula is C27H27N9O. The summed E-state index contributed by atoms with van der Waals surface area (Å²) in [7, 11) is 3.72. The van der Waals surface area contributed by atoms with Crippen LogP contribution in [0.2, 0.25) is 0 Å². The average molecular weight is 494 g/mol. The summed E-state index contributed by atoms with van der Waals surface area (Å²) in [5.74, 6) is 0.919. The third-order valence-electron chi connectivity index (χ3n) is 7.23. The number of aryl methyl sites for hydroxylation is 2. The molecule has 0 bridgehead atoms. The van der Waals surface area contributed by atoms with Crippen molar-refractivity contribution in [2.24, 2.45) is 18.1 Å². The highest BCUT2D eigenvalue weighted by Gasteiger charge is 2.44. The molecule has 0 spiro atoms. The van der Waals surface area contributed by atoms with E-state index in [0.29, 0.717) is 17.3 Å². The van der Waals surface area contributed by atoms with Gasteiger partial charge in [-0.25, -0.2) is 9.97 Å². The van der Waals surface area contributed by atoms with E-state index in [4.69, 9.17) is 10.7 Å². The average Bonchev–Trinajstić information content (AvgIpc) is 3.55. The van der Waals surface area contributed by atoms with Gasteiger partial charge in [0.25, 0.3) is 0 Å². The summed E-state index contributed by atoms with van der Waals surface area (Å²) in [6, 6.07) is 3.80. The first-order chi connectivity index (χ1) is 17.7. The topological polar surface area (TPSA) is 127 Å². The minimum atomic E-state index is -0.0814. The summed E-state index contributed by atoms with van der Waals surface area (Å²) >= 11 is 0. The molecule has 0 aromatic carbocycles. The number of carbonyl (C=O) groups excluding carboxylic acids is 1. The number of aromatic nitrogens is 5. The molecule has 37 heavy (non-hydrogen) atoms. The van der Waals surface area contributed by atoms with Crippen molar-refractivity contribution in [2.45, 2.75) is 26.2 Å². The molecule has 1 saturated carbocycles. The van der Waals surface area contributed by atoms with Gasteiger partial charge in [0.15, 0.2) is 0 Å². The third kappa shape index (κ3) is 3.81. The standard InChI is InChI=1S/C27H27N9O/c1-13-20-11-31-36(5)15(3)25(20)32-14(2)24(13)22-6-16-7-23(29-10-21(16)26(28)33-22)34-27(37)19-8-18(19)17-9-30-35(4)12-17/h6-7,9-12,18-19H,3,8H2,1-2,4-5H3,(H2,28,33)(H,29,34,37)/t18-,19+/m1/s1. The van der Waals surface area contributed by atoms with E-state index in [1.807, 2.05) is 52.5 Å². The van der Waals surface area contributed by atoms with Crippen molar-refractivity contribution in [3.05, 3.63) is 65.4 Å². The number of hydrogen-bond acceptors (Lipinski definition) is 8. The van der Waals surface area contributed by atoms with E-state index in [0.717, 1.165) is 56.5 Å². The number of nitrogen functional groups attached to an aromatic ring is 1. The number of nitrogens with zero attached hydrogens (tertiary/aromatic N) is 7. The molecule has 1 aliphatic heterocycles. The van der Waals surface area contributed by atoms with Crippen LogP contribution in [0.3, 0.4) is 0 Å². The van der Waals surface area contributed by atoms with Gasteiger partial charge >= 0.3 is 0 Å². The van der Waals surface area contributed by atoms with Gasteiger partial charge in [-0.15, -0.1) is 0 Å². The molecule has 0 saturated heterocycles. The summed E-state index contributed by atoms with van der Waals surface area (Å²) in [6.45, 7) is 8.10. The van der Waals surface area contributed by atoms with Crippen LogP contribution in [-0.2, 0) is 11.8 Å². The molecule has 6 rings (SSSR count). The highest BCUT2D eigenvalue weighted by molar-refractivity contribution is 6.00. The van der Waals surface area contributed by atoms with Crippen molar-refractivity contribution in [2.75, 3.05) is 18.1 Å². The second-order valence-electron chi connectivity index (χ2n) is 9.74. The lowest BCUT2D eigenvalue weighted by Gasteiger charge is -2.24. The molecule has 5 heterocycles. The van der Waals surface area contributed by atoms with Gasteiger partial charge in [-0.05, 0) is 54.8 Å². The number of fused-ring (bicyclic) bond motifs is 2. The minimum Gasteiger partial charge on any atom is -0.383 e. The fourth-order valence-electron chi connectivity index (χ4n) is 5.06. The van der Waals surface area contributed by atoms with Crippen LogP contribution in [0.4, 0.5) is 11.6 Å². The van der Waals surface area contributed by atoms with E-state index in [9.17, 15) is 4.79 Å². The Morgan fingerprint density at radius 3 is 2.76 bits per heavy atom. The Hall–Kier alpha value is -4.60. The molecule has 186 valence electrons. The normalized spacial score (nSPS) is 18.3. The fourth-order valence-corrected chi connectivity index (χ4v) is 5.06. The Bertz CT molecular complexity index is 1650. The Kier molecular flexibility index (Phi) is 5.08. The highest BCUT2D eigenvalue weighted by atomic mass is 16.2. The van der Waals surface area contributed by atoms with Crippen molar-refractivity contribution in [3.63, 3.8) is 0 Å². The van der Waals surface area contributed by atoms with Gasteiger partial charge in [-0.3, -0.25) is 19.5 Å². The number of rotatable bonds is 4. The second-order valence-corrected chi connectivity index (χ2v) is 9.74. The molecule has 0 unspecified atom stereocenters. The Morgan fingerprint density at radius 1 is 1.19 bits per heavy atom. The molecule has 1 fully saturated rings. The maximum Gasteiger partial charge on any atom is 0.229 e. The van der Waals surface area contributed by atoms with Crippen molar-refractivity contribution < 1.29 is 4.79 Å². The highest BCUT2D eigenvalue weighted by Crippen LogP contribution is 2.47. The van der Waals surface area contributed by atoms with Crippen LogP contribution >= 0.6 is 0 Å². The van der Waals surface area contributed by atoms with Crippen LogP contribution in [0.1, 0.15) is 40.4 Å². The lowest BCUT2D eigenvalue weighted by atomic mass is 9.95. The Balaban J connectivity index is 1.33. The Morgan fingerprint density at radius 2 is 2.00 bits per heavy atom. The number of hydrazone groups is 1. The summed E-state index contributed by atoms with van der Waals surface area (Å²) in [5.41, 5.74) is 13.3. The first-order valence-corrected chi connectivity index (χ1v) is 12.1. The molecule has 3 N–H and O–H groups in total. The van der Waals surface area contributed by atoms with Crippen LogP contribution < -0.4 is 11.1 Å². The zero-order chi connectivity index (χ0) is 26.0. The first-order valence-electron chi connectivity index (χ1n) is 12.1. The van der Waals surface area contributed by atoms with E-state index in [1.54, 1.807) is 22.1 Å². The maximum atomic E-state index is 12.9. The van der Waals surface area contributed by atoms with E-state index < -0.39 is 0 Å². The van der Waals surface area contributed by atoms with E-state index >= 15 is 0 Å². The van der Waals surface area contributed by atoms with Gasteiger partial charge in [-0.2, -0.15) is 10.2 Å². The van der Waals surface area contributed by atoms with Crippen LogP contribution in [0.5, 0.6) is 0 Å². The van der Waals surface area contributed by atoms with Gasteiger partial charge in [-0.1, -0.05) is 6.58 Å². The number of nitrogens with two attached hydrogens (primary N) is 1. The molecule has 2 aliphatic rings. The smallest absolute Gasteiger partial charge is 0.229 e. The van der Waals surface area contributed by atoms with Gasteiger partial charge < -0.3 is 11.1 Å². The van der Waals surface area contributed by atoms with Gasteiger partial charge in [0.05, 0.1) is 29.5 Å². The summed E-state index contributed by atoms with van der Waals surface area (Å²) in [6.07, 6.45) is 8.04. The van der Waals surface area contributed by atoms with E-state index in [2.05, 4.69) is 32.1 Å². The lowest BCUT2D eigenvalue weighted by molar-refractivity contribution is -0.117. The predicted octanol–water partition coefficient (Wildman–Crippen LogP) is 3.62. The van der Waals surface area contributed by atoms with Gasteiger partial charge in [0.2, 0.25) is 5.91 Å². The molecule has 2 atom stereocenters. The van der Waals surface area contributed by atoms with Gasteiger partial charge in [0, 0.05) is 54.6 Å². The predicted molar refractivity (Wildman–Crippen MR) is 144 cm³/mol. The molecule has 4 aromatic rings. The monoisotopic (exact) mass is 493 g/mol. The zero-order valence-corrected chi connectivity index (χ0v) is 21.1. The number of amides is 1. The lowest BCUT2D eigenvalue weighted by Crippen LogP contribution is -2.19. The minimum absolute atomic E-state index is 0.0435. The summed E-state index contributed by atoms with van der Waals surface area (Å²) in [4.78, 5) is 26.8. The summed E-state index contributed by atoms with van der Waals surface area (Å²) in [5, 5.41) is 14.9. The van der Waals surface area contributed by atoms with Crippen LogP contribution in [-0.4, -0.2) is 48.9 Å². The van der Waals surface area contributed by atoms with Crippen LogP contribution in [0.15, 0.2) is 42.4 Å². The van der Waals surface area contributed by atoms with E-state index in [1.165, 1.54) is 0 Å². The van der Waals surface area contributed by atoms with Crippen molar-refractivity contribution in [1.82, 2.24) is 29.7 Å². The van der Waals surface area contributed by atoms with Crippen LogP contribution in [0, 0.1) is 19.8 Å². The van der Waals surface area contributed by atoms with Crippen molar-refractivity contribution >= 4 is 40.2 Å². The number of anilines is 2. The number of hydrogen-bond donors (Lipinski definition) is 2. The van der Waals surface area contributed by atoms with E-state index in [-0.39, 0.29) is 17.7 Å². The zero-order valence-electron chi connectivity index (χ0n) is 21.1. The summed E-state index contributed by atoms with van der Waals surface area (Å²) < 4.78 is 1.76. The third-order valence-corrected chi connectivity index (χ3v) is 7.23. The van der Waals surface area contributed by atoms with Crippen LogP contribution in [0.25, 0.3) is 27.7 Å². The molecule has 1 amide bonds. The Labute approximate surface area is 213 Å². The molecule has 10 heteroatoms. The largest absolute Gasteiger partial charge is 0.383 e. The molecule has 10 nitrogen and oxygen atoms in total. The van der Waals surface area contributed by atoms with Gasteiger partial charge in [0.1, 0.15) is 11.6 Å². The molecule has 4 aromatic heterocycles. The molecular weight excluding hydrogens is 466 g/mol. The fraction of sp³-hybridized carbons (Fsp3) is 0.259. The molecule has 1 aliphatic carbocycles. The number of pyridine rings is 3. The second kappa shape index (κ2) is 8.22. The number of nitrogens with one attached hydrogen (secondary N) is 1. The first kappa shape index (κ1) is 22.8. The maximum absolute atomic E-state index is 12.9. The SMILES string of the molecule is C=C1c2nc(C)c(-c3cc4cc(NC(=O)[C@H]5C[C@@H]5c5cnn(C)c5)ncc4c(N)n3)c(C)c2C=NN1C. The molecule has 0 radical (unpaired) electrons.